The van der Waals surface area contributed by atoms with E-state index in [1.165, 1.54) is 27.7 Å². The fourth-order valence-corrected chi connectivity index (χ4v) is 2.54. The number of nitrogens with one attached hydrogen (secondary N) is 1. The largest absolute Gasteiger partial charge is 0.388 e. The predicted molar refractivity (Wildman–Crippen MR) is 72.4 cm³/mol. The van der Waals surface area contributed by atoms with Gasteiger partial charge >= 0.3 is 0 Å². The summed E-state index contributed by atoms with van der Waals surface area (Å²) < 4.78 is 0. The summed E-state index contributed by atoms with van der Waals surface area (Å²) in [7, 11) is 0. The molecule has 2 N–H and O–H groups in total. The molecular weight excluding hydrogens is 210 g/mol. The van der Waals surface area contributed by atoms with E-state index >= 15 is 0 Å². The van der Waals surface area contributed by atoms with Crippen molar-refractivity contribution < 1.29 is 5.11 Å². The first kappa shape index (κ1) is 12.2. The van der Waals surface area contributed by atoms with Gasteiger partial charge in [0.15, 0.2) is 0 Å². The quantitative estimate of drug-likeness (QED) is 0.828. The van der Waals surface area contributed by atoms with Crippen molar-refractivity contribution in [1.82, 2.24) is 4.98 Å². The van der Waals surface area contributed by atoms with Crippen LogP contribution in [0, 0.1) is 13.8 Å². The van der Waals surface area contributed by atoms with E-state index < -0.39 is 0 Å². The Morgan fingerprint density at radius 1 is 1.18 bits per heavy atom. The number of aromatic amines is 1. The minimum atomic E-state index is -0.362. The topological polar surface area (TPSA) is 36.0 Å². The third kappa shape index (κ3) is 1.87. The predicted octanol–water partition coefficient (Wildman–Crippen LogP) is 3.79. The maximum absolute atomic E-state index is 10.2. The summed E-state index contributed by atoms with van der Waals surface area (Å²) in [5.41, 5.74) is 5.95. The molecule has 2 aromatic rings. The highest BCUT2D eigenvalue weighted by Crippen LogP contribution is 2.33. The smallest absolute Gasteiger partial charge is 0.0811 e. The molecule has 2 rings (SSSR count). The first-order valence-electron chi connectivity index (χ1n) is 6.38. The van der Waals surface area contributed by atoms with Gasteiger partial charge in [-0.1, -0.05) is 26.0 Å². The highest BCUT2D eigenvalue weighted by atomic mass is 16.3. The standard InChI is InChI=1S/C15H21NO/c1-5-11-14(12(17)6-2)13-9(3)7-8-10(4)15(13)16-11/h7-8,12,16-17H,5-6H2,1-4H3. The molecule has 0 saturated carbocycles. The zero-order chi connectivity index (χ0) is 12.6. The van der Waals surface area contributed by atoms with E-state index in [2.05, 4.69) is 37.9 Å². The van der Waals surface area contributed by atoms with Crippen LogP contribution < -0.4 is 0 Å². The maximum atomic E-state index is 10.2. The molecule has 1 heterocycles. The zero-order valence-corrected chi connectivity index (χ0v) is 11.1. The molecule has 0 saturated heterocycles. The molecular formula is C15H21NO. The number of aliphatic hydroxyl groups is 1. The highest BCUT2D eigenvalue weighted by Gasteiger charge is 2.18. The number of hydrogen-bond acceptors (Lipinski definition) is 1. The zero-order valence-electron chi connectivity index (χ0n) is 11.1. The molecule has 0 spiro atoms. The van der Waals surface area contributed by atoms with E-state index in [0.29, 0.717) is 0 Å². The molecule has 0 aliphatic rings. The van der Waals surface area contributed by atoms with Crippen molar-refractivity contribution in [3.8, 4) is 0 Å². The Labute approximate surface area is 103 Å². The fourth-order valence-electron chi connectivity index (χ4n) is 2.54. The molecule has 1 aromatic heterocycles. The first-order valence-corrected chi connectivity index (χ1v) is 6.38. The lowest BCUT2D eigenvalue weighted by molar-refractivity contribution is 0.174. The molecule has 0 aliphatic heterocycles. The van der Waals surface area contributed by atoms with E-state index in [1.807, 2.05) is 6.92 Å². The van der Waals surface area contributed by atoms with Gasteiger partial charge in [0.05, 0.1) is 6.10 Å². The average molecular weight is 231 g/mol. The molecule has 0 fully saturated rings. The van der Waals surface area contributed by atoms with Gasteiger partial charge in [-0.15, -0.1) is 0 Å². The van der Waals surface area contributed by atoms with Crippen molar-refractivity contribution in [3.05, 3.63) is 34.5 Å². The van der Waals surface area contributed by atoms with Crippen molar-refractivity contribution in [3.63, 3.8) is 0 Å². The van der Waals surface area contributed by atoms with Crippen molar-refractivity contribution in [2.75, 3.05) is 0 Å². The minimum Gasteiger partial charge on any atom is -0.388 e. The van der Waals surface area contributed by atoms with Crippen molar-refractivity contribution in [1.29, 1.82) is 0 Å². The van der Waals surface area contributed by atoms with Crippen LogP contribution in [-0.4, -0.2) is 10.1 Å². The normalized spacial score (nSPS) is 13.2. The van der Waals surface area contributed by atoms with Crippen LogP contribution >= 0.6 is 0 Å². The molecule has 0 amide bonds. The second-order valence-corrected chi connectivity index (χ2v) is 4.74. The van der Waals surface area contributed by atoms with Crippen LogP contribution in [0.15, 0.2) is 12.1 Å². The lowest BCUT2D eigenvalue weighted by Gasteiger charge is -2.10. The van der Waals surface area contributed by atoms with Crippen molar-refractivity contribution in [2.45, 2.75) is 46.6 Å². The molecule has 0 bridgehead atoms. The Hall–Kier alpha value is -1.28. The molecule has 1 atom stereocenters. The van der Waals surface area contributed by atoms with Crippen LogP contribution in [0.1, 0.15) is 48.8 Å². The Morgan fingerprint density at radius 3 is 2.41 bits per heavy atom. The molecule has 92 valence electrons. The van der Waals surface area contributed by atoms with Crippen LogP contribution in [0.3, 0.4) is 0 Å². The van der Waals surface area contributed by atoms with Gasteiger partial charge in [0, 0.05) is 22.2 Å². The molecule has 1 unspecified atom stereocenters. The number of aryl methyl sites for hydroxylation is 3. The van der Waals surface area contributed by atoms with Crippen LogP contribution in [0.4, 0.5) is 0 Å². The van der Waals surface area contributed by atoms with Gasteiger partial charge in [-0.05, 0) is 37.8 Å². The summed E-state index contributed by atoms with van der Waals surface area (Å²) in [6.45, 7) is 8.37. The average Bonchev–Trinajstić information content (AvgIpc) is 2.73. The van der Waals surface area contributed by atoms with Gasteiger partial charge in [0.1, 0.15) is 0 Å². The molecule has 1 aromatic carbocycles. The first-order chi connectivity index (χ1) is 8.10. The van der Waals surface area contributed by atoms with Crippen LogP contribution in [-0.2, 0) is 6.42 Å². The van der Waals surface area contributed by atoms with Gasteiger partial charge in [-0.25, -0.2) is 0 Å². The summed E-state index contributed by atoms with van der Waals surface area (Å²) in [5, 5.41) is 11.4. The Bertz CT molecular complexity index is 539. The van der Waals surface area contributed by atoms with E-state index in [0.717, 1.165) is 18.4 Å². The minimum absolute atomic E-state index is 0.362. The SMILES string of the molecule is CCc1[nH]c2c(C)ccc(C)c2c1C(O)CC. The van der Waals surface area contributed by atoms with Crippen molar-refractivity contribution >= 4 is 10.9 Å². The Kier molecular flexibility index (Phi) is 3.25. The van der Waals surface area contributed by atoms with E-state index in [-0.39, 0.29) is 6.10 Å². The van der Waals surface area contributed by atoms with Gasteiger partial charge in [-0.2, -0.15) is 0 Å². The lowest BCUT2D eigenvalue weighted by atomic mass is 9.97. The maximum Gasteiger partial charge on any atom is 0.0811 e. The van der Waals surface area contributed by atoms with E-state index in [9.17, 15) is 5.11 Å². The highest BCUT2D eigenvalue weighted by molar-refractivity contribution is 5.90. The van der Waals surface area contributed by atoms with Gasteiger partial charge in [-0.3, -0.25) is 0 Å². The van der Waals surface area contributed by atoms with E-state index in [4.69, 9.17) is 0 Å². The van der Waals surface area contributed by atoms with Crippen LogP contribution in [0.5, 0.6) is 0 Å². The summed E-state index contributed by atoms with van der Waals surface area (Å²) in [5.74, 6) is 0. The Morgan fingerprint density at radius 2 is 1.82 bits per heavy atom. The number of H-pyrrole nitrogens is 1. The summed E-state index contributed by atoms with van der Waals surface area (Å²) in [4.78, 5) is 3.48. The van der Waals surface area contributed by atoms with Crippen LogP contribution in [0.2, 0.25) is 0 Å². The van der Waals surface area contributed by atoms with Gasteiger partial charge in [0.2, 0.25) is 0 Å². The number of hydrogen-bond donors (Lipinski definition) is 2. The van der Waals surface area contributed by atoms with Crippen molar-refractivity contribution in [2.24, 2.45) is 0 Å². The molecule has 0 aliphatic carbocycles. The number of rotatable bonds is 3. The third-order valence-electron chi connectivity index (χ3n) is 3.57. The lowest BCUT2D eigenvalue weighted by Crippen LogP contribution is -1.99. The fraction of sp³-hybridized carbons (Fsp3) is 0.467. The number of aliphatic hydroxyl groups excluding tert-OH is 1. The Balaban J connectivity index is 2.82. The molecule has 0 radical (unpaired) electrons. The van der Waals surface area contributed by atoms with Gasteiger partial charge in [0.25, 0.3) is 0 Å². The molecule has 2 heteroatoms. The third-order valence-corrected chi connectivity index (χ3v) is 3.57. The van der Waals surface area contributed by atoms with Gasteiger partial charge < -0.3 is 10.1 Å². The summed E-state index contributed by atoms with van der Waals surface area (Å²) in [6.07, 6.45) is 1.33. The monoisotopic (exact) mass is 231 g/mol. The molecule has 2 nitrogen and oxygen atoms in total. The number of fused-ring (bicyclic) bond motifs is 1. The van der Waals surface area contributed by atoms with E-state index in [1.54, 1.807) is 0 Å². The van der Waals surface area contributed by atoms with Crippen LogP contribution in [0.25, 0.3) is 10.9 Å². The number of benzene rings is 1. The molecule has 17 heavy (non-hydrogen) atoms. The summed E-state index contributed by atoms with van der Waals surface area (Å²) >= 11 is 0. The number of aromatic nitrogens is 1. The second-order valence-electron chi connectivity index (χ2n) is 4.74. The second kappa shape index (κ2) is 4.53. The summed E-state index contributed by atoms with van der Waals surface area (Å²) in [6, 6.07) is 4.27.